The summed E-state index contributed by atoms with van der Waals surface area (Å²) in [6.07, 6.45) is 4.15. The predicted molar refractivity (Wildman–Crippen MR) is 114 cm³/mol. The van der Waals surface area contributed by atoms with Crippen molar-refractivity contribution in [3.63, 3.8) is 0 Å². The second-order valence-corrected chi connectivity index (χ2v) is 8.21. The molecule has 4 rings (SSSR count). The first-order valence-electron chi connectivity index (χ1n) is 10.8. The maximum absolute atomic E-state index is 12.7. The second-order valence-electron chi connectivity index (χ2n) is 8.21. The van der Waals surface area contributed by atoms with Crippen molar-refractivity contribution in [2.75, 3.05) is 45.8 Å². The van der Waals surface area contributed by atoms with Crippen molar-refractivity contribution in [1.82, 2.24) is 20.0 Å². The Kier molecular flexibility index (Phi) is 6.52. The standard InChI is InChI=1S/C23H32N4O2/c1-19-6-4-7-20(16-19)18-25-11-13-27(14-12-25)23(28)24-17-21(22-8-5-15-29-22)26-9-2-3-10-26/h4-8,15-16,21H,2-3,9-14,17-18H2,1H3,(H,24,28)/t21-/m0/s1. The fourth-order valence-corrected chi connectivity index (χ4v) is 4.42. The van der Waals surface area contributed by atoms with Crippen LogP contribution >= 0.6 is 0 Å². The minimum atomic E-state index is 0.0379. The van der Waals surface area contributed by atoms with Crippen molar-refractivity contribution < 1.29 is 9.21 Å². The molecule has 1 aromatic heterocycles. The number of carbonyl (C=O) groups is 1. The Labute approximate surface area is 173 Å². The number of likely N-dealkylation sites (tertiary alicyclic amines) is 1. The first-order chi connectivity index (χ1) is 14.2. The van der Waals surface area contributed by atoms with Gasteiger partial charge in [0.05, 0.1) is 12.3 Å². The number of hydrogen-bond acceptors (Lipinski definition) is 4. The largest absolute Gasteiger partial charge is 0.468 e. The molecule has 2 saturated heterocycles. The van der Waals surface area contributed by atoms with Crippen molar-refractivity contribution in [3.8, 4) is 0 Å². The zero-order chi connectivity index (χ0) is 20.1. The molecule has 3 heterocycles. The van der Waals surface area contributed by atoms with Crippen LogP contribution in [0.4, 0.5) is 4.79 Å². The maximum Gasteiger partial charge on any atom is 0.317 e. The van der Waals surface area contributed by atoms with Crippen LogP contribution in [0.5, 0.6) is 0 Å². The molecule has 2 aromatic rings. The Morgan fingerprint density at radius 2 is 1.86 bits per heavy atom. The van der Waals surface area contributed by atoms with Gasteiger partial charge in [0.25, 0.3) is 0 Å². The Hall–Kier alpha value is -2.31. The molecule has 2 amide bonds. The highest BCUT2D eigenvalue weighted by atomic mass is 16.3. The van der Waals surface area contributed by atoms with Crippen LogP contribution in [0.2, 0.25) is 0 Å². The van der Waals surface area contributed by atoms with Crippen LogP contribution in [0.15, 0.2) is 47.1 Å². The van der Waals surface area contributed by atoms with E-state index in [9.17, 15) is 4.79 Å². The lowest BCUT2D eigenvalue weighted by Crippen LogP contribution is -2.52. The SMILES string of the molecule is Cc1cccc(CN2CCN(C(=O)NC[C@@H](c3ccco3)N3CCCC3)CC2)c1. The van der Waals surface area contributed by atoms with Crippen LogP contribution in [0.1, 0.15) is 35.8 Å². The predicted octanol–water partition coefficient (Wildman–Crippen LogP) is 3.25. The highest BCUT2D eigenvalue weighted by molar-refractivity contribution is 5.74. The summed E-state index contributed by atoms with van der Waals surface area (Å²) < 4.78 is 5.65. The van der Waals surface area contributed by atoms with Crippen LogP contribution in [0.3, 0.4) is 0 Å². The minimum Gasteiger partial charge on any atom is -0.468 e. The maximum atomic E-state index is 12.7. The summed E-state index contributed by atoms with van der Waals surface area (Å²) >= 11 is 0. The third-order valence-electron chi connectivity index (χ3n) is 6.05. The molecule has 0 radical (unpaired) electrons. The van der Waals surface area contributed by atoms with E-state index in [2.05, 4.69) is 46.3 Å². The van der Waals surface area contributed by atoms with E-state index < -0.39 is 0 Å². The molecule has 0 spiro atoms. The highest BCUT2D eigenvalue weighted by Crippen LogP contribution is 2.25. The van der Waals surface area contributed by atoms with Crippen molar-refractivity contribution >= 4 is 6.03 Å². The van der Waals surface area contributed by atoms with Crippen molar-refractivity contribution in [1.29, 1.82) is 0 Å². The van der Waals surface area contributed by atoms with Gasteiger partial charge in [-0.15, -0.1) is 0 Å². The monoisotopic (exact) mass is 396 g/mol. The van der Waals surface area contributed by atoms with Crippen molar-refractivity contribution in [2.24, 2.45) is 0 Å². The quantitative estimate of drug-likeness (QED) is 0.814. The van der Waals surface area contributed by atoms with Gasteiger partial charge in [0, 0.05) is 39.3 Å². The fraction of sp³-hybridized carbons (Fsp3) is 0.522. The average Bonchev–Trinajstić information content (AvgIpc) is 3.43. The fourth-order valence-electron chi connectivity index (χ4n) is 4.42. The number of aryl methyl sites for hydroxylation is 1. The smallest absolute Gasteiger partial charge is 0.317 e. The Morgan fingerprint density at radius 3 is 2.55 bits per heavy atom. The summed E-state index contributed by atoms with van der Waals surface area (Å²) in [6.45, 7) is 9.17. The van der Waals surface area contributed by atoms with Crippen LogP contribution in [-0.2, 0) is 6.54 Å². The number of hydrogen-bond donors (Lipinski definition) is 1. The zero-order valence-electron chi connectivity index (χ0n) is 17.3. The third kappa shape index (κ3) is 5.19. The molecule has 0 unspecified atom stereocenters. The van der Waals surface area contributed by atoms with E-state index in [4.69, 9.17) is 4.42 Å². The number of piperazine rings is 1. The van der Waals surface area contributed by atoms with E-state index in [0.29, 0.717) is 6.54 Å². The van der Waals surface area contributed by atoms with Crippen molar-refractivity contribution in [3.05, 3.63) is 59.5 Å². The van der Waals surface area contributed by atoms with E-state index in [1.54, 1.807) is 6.26 Å². The second kappa shape index (κ2) is 9.46. The number of amides is 2. The minimum absolute atomic E-state index is 0.0379. The Morgan fingerprint density at radius 1 is 1.07 bits per heavy atom. The van der Waals surface area contributed by atoms with Gasteiger partial charge < -0.3 is 14.6 Å². The van der Waals surface area contributed by atoms with Crippen molar-refractivity contribution in [2.45, 2.75) is 32.4 Å². The average molecular weight is 397 g/mol. The van der Waals surface area contributed by atoms with E-state index in [-0.39, 0.29) is 12.1 Å². The van der Waals surface area contributed by atoms with Gasteiger partial charge in [0.15, 0.2) is 0 Å². The molecule has 1 aromatic carbocycles. The molecular weight excluding hydrogens is 364 g/mol. The molecule has 2 aliphatic rings. The van der Waals surface area contributed by atoms with Gasteiger partial charge in [-0.05, 0) is 50.6 Å². The molecule has 0 saturated carbocycles. The van der Waals surface area contributed by atoms with Crippen LogP contribution in [-0.4, -0.2) is 66.5 Å². The molecule has 2 aliphatic heterocycles. The number of nitrogens with zero attached hydrogens (tertiary/aromatic N) is 3. The summed E-state index contributed by atoms with van der Waals surface area (Å²) in [5, 5.41) is 3.16. The van der Waals surface area contributed by atoms with E-state index in [1.165, 1.54) is 24.0 Å². The van der Waals surface area contributed by atoms with E-state index >= 15 is 0 Å². The molecule has 1 atom stereocenters. The van der Waals surface area contributed by atoms with Crippen LogP contribution in [0.25, 0.3) is 0 Å². The number of nitrogens with one attached hydrogen (secondary N) is 1. The molecule has 156 valence electrons. The number of carbonyl (C=O) groups excluding carboxylic acids is 1. The summed E-state index contributed by atoms with van der Waals surface area (Å²) in [7, 11) is 0. The molecule has 0 aliphatic carbocycles. The lowest BCUT2D eigenvalue weighted by atomic mass is 10.1. The van der Waals surface area contributed by atoms with E-state index in [0.717, 1.165) is 51.6 Å². The molecule has 29 heavy (non-hydrogen) atoms. The van der Waals surface area contributed by atoms with Crippen LogP contribution < -0.4 is 5.32 Å². The normalized spacial score (nSPS) is 19.4. The van der Waals surface area contributed by atoms with Gasteiger partial charge in [0.1, 0.15) is 5.76 Å². The summed E-state index contributed by atoms with van der Waals surface area (Å²) in [6, 6.07) is 12.8. The Bertz CT molecular complexity index is 778. The zero-order valence-corrected chi connectivity index (χ0v) is 17.3. The van der Waals surface area contributed by atoms with Gasteiger partial charge in [-0.2, -0.15) is 0 Å². The summed E-state index contributed by atoms with van der Waals surface area (Å²) in [4.78, 5) is 19.5. The first-order valence-corrected chi connectivity index (χ1v) is 10.8. The van der Waals surface area contributed by atoms with Gasteiger partial charge >= 0.3 is 6.03 Å². The lowest BCUT2D eigenvalue weighted by molar-refractivity contribution is 0.131. The topological polar surface area (TPSA) is 52.0 Å². The van der Waals surface area contributed by atoms with Gasteiger partial charge in [-0.3, -0.25) is 9.80 Å². The molecule has 6 heteroatoms. The van der Waals surface area contributed by atoms with Crippen LogP contribution in [0, 0.1) is 6.92 Å². The number of benzene rings is 1. The number of rotatable bonds is 6. The van der Waals surface area contributed by atoms with Gasteiger partial charge in [0.2, 0.25) is 0 Å². The highest BCUT2D eigenvalue weighted by Gasteiger charge is 2.27. The summed E-state index contributed by atoms with van der Waals surface area (Å²) in [5.41, 5.74) is 2.64. The number of furan rings is 1. The van der Waals surface area contributed by atoms with Gasteiger partial charge in [-0.25, -0.2) is 4.79 Å². The molecule has 1 N–H and O–H groups in total. The molecule has 2 fully saturated rings. The molecule has 6 nitrogen and oxygen atoms in total. The lowest BCUT2D eigenvalue weighted by Gasteiger charge is -2.35. The van der Waals surface area contributed by atoms with E-state index in [1.807, 2.05) is 17.0 Å². The first kappa shape index (κ1) is 20.0. The third-order valence-corrected chi connectivity index (χ3v) is 6.05. The molecular formula is C23H32N4O2. The summed E-state index contributed by atoms with van der Waals surface area (Å²) in [5.74, 6) is 0.940. The molecule has 0 bridgehead atoms. The Balaban J connectivity index is 1.26. The van der Waals surface area contributed by atoms with Gasteiger partial charge in [-0.1, -0.05) is 29.8 Å². The number of urea groups is 1.